The number of benzene rings is 1. The van der Waals surface area contributed by atoms with Crippen LogP contribution < -0.4 is 11.2 Å². The topological polar surface area (TPSA) is 84.5 Å². The van der Waals surface area contributed by atoms with Gasteiger partial charge in [0, 0.05) is 39.9 Å². The van der Waals surface area contributed by atoms with Gasteiger partial charge >= 0.3 is 5.69 Å². The normalized spacial score (nSPS) is 11.0. The van der Waals surface area contributed by atoms with Gasteiger partial charge in [-0.15, -0.1) is 0 Å². The number of aliphatic hydroxyl groups is 1. The highest BCUT2D eigenvalue weighted by Gasteiger charge is 2.19. The molecule has 2 aromatic rings. The van der Waals surface area contributed by atoms with Gasteiger partial charge in [-0.2, -0.15) is 0 Å². The van der Waals surface area contributed by atoms with Crippen molar-refractivity contribution in [3.63, 3.8) is 0 Å². The van der Waals surface area contributed by atoms with Gasteiger partial charge in [0.1, 0.15) is 5.69 Å². The molecule has 0 saturated carbocycles. The van der Waals surface area contributed by atoms with Gasteiger partial charge in [0.05, 0.1) is 0 Å². The Morgan fingerprint density at radius 3 is 2.50 bits per heavy atom. The predicted octanol–water partition coefficient (Wildman–Crippen LogP) is 0.622. The lowest BCUT2D eigenvalue weighted by Crippen LogP contribution is -2.42. The summed E-state index contributed by atoms with van der Waals surface area (Å²) in [5.41, 5.74) is -0.0478. The van der Waals surface area contributed by atoms with Crippen LogP contribution in [0.1, 0.15) is 22.5 Å². The Morgan fingerprint density at radius 2 is 1.85 bits per heavy atom. The Bertz CT molecular complexity index is 897. The largest absolute Gasteiger partial charge is 0.396 e. The van der Waals surface area contributed by atoms with Crippen LogP contribution >= 0.6 is 0 Å². The summed E-state index contributed by atoms with van der Waals surface area (Å²) in [6, 6.07) is 10.8. The number of amides is 1. The van der Waals surface area contributed by atoms with Crippen LogP contribution in [-0.2, 0) is 14.1 Å². The first-order valence-corrected chi connectivity index (χ1v) is 8.34. The van der Waals surface area contributed by atoms with Crippen LogP contribution in [0.4, 0.5) is 0 Å². The summed E-state index contributed by atoms with van der Waals surface area (Å²) in [5.74, 6) is -0.423. The fourth-order valence-corrected chi connectivity index (χ4v) is 2.52. The van der Waals surface area contributed by atoms with Crippen LogP contribution in [0.15, 0.2) is 52.1 Å². The van der Waals surface area contributed by atoms with E-state index >= 15 is 0 Å². The first kappa shape index (κ1) is 19.4. The van der Waals surface area contributed by atoms with Gasteiger partial charge in [-0.3, -0.25) is 18.7 Å². The van der Waals surface area contributed by atoms with Crippen molar-refractivity contribution in [2.24, 2.45) is 14.1 Å². The molecular weight excluding hydrogens is 334 g/mol. The zero-order chi connectivity index (χ0) is 19.1. The second-order valence-electron chi connectivity index (χ2n) is 5.91. The molecular formula is C19H23N3O4. The van der Waals surface area contributed by atoms with E-state index < -0.39 is 17.2 Å². The first-order valence-electron chi connectivity index (χ1n) is 8.34. The fourth-order valence-electron chi connectivity index (χ4n) is 2.52. The summed E-state index contributed by atoms with van der Waals surface area (Å²) in [6.07, 6.45) is 4.13. The van der Waals surface area contributed by atoms with E-state index in [2.05, 4.69) is 0 Å². The Balaban J connectivity index is 2.26. The van der Waals surface area contributed by atoms with Crippen LogP contribution in [0.5, 0.6) is 0 Å². The lowest BCUT2D eigenvalue weighted by atomic mass is 10.2. The van der Waals surface area contributed by atoms with E-state index in [-0.39, 0.29) is 12.3 Å². The van der Waals surface area contributed by atoms with Gasteiger partial charge in [-0.25, -0.2) is 4.79 Å². The maximum atomic E-state index is 12.8. The number of aliphatic hydroxyl groups excluding tert-OH is 1. The number of carbonyl (C=O) groups is 1. The average Bonchev–Trinajstić information content (AvgIpc) is 2.66. The SMILES string of the molecule is Cn1c(C(=O)N(C/C=C/c2ccccc2)CCCO)cc(=O)n(C)c1=O. The van der Waals surface area contributed by atoms with Gasteiger partial charge < -0.3 is 10.0 Å². The molecule has 0 saturated heterocycles. The zero-order valence-corrected chi connectivity index (χ0v) is 15.0. The van der Waals surface area contributed by atoms with E-state index in [9.17, 15) is 14.4 Å². The molecule has 0 aliphatic carbocycles. The Labute approximate surface area is 151 Å². The Kier molecular flexibility index (Phi) is 6.68. The molecule has 0 aliphatic heterocycles. The number of hydrogen-bond donors (Lipinski definition) is 1. The summed E-state index contributed by atoms with van der Waals surface area (Å²) in [6.45, 7) is 0.566. The number of nitrogens with zero attached hydrogens (tertiary/aromatic N) is 3. The summed E-state index contributed by atoms with van der Waals surface area (Å²) in [7, 11) is 2.82. The second kappa shape index (κ2) is 8.96. The van der Waals surface area contributed by atoms with Crippen LogP contribution in [0.3, 0.4) is 0 Å². The van der Waals surface area contributed by atoms with Gasteiger partial charge in [0.15, 0.2) is 0 Å². The molecule has 0 fully saturated rings. The lowest BCUT2D eigenvalue weighted by Gasteiger charge is -2.22. The van der Waals surface area contributed by atoms with Crippen molar-refractivity contribution in [1.82, 2.24) is 14.0 Å². The minimum absolute atomic E-state index is 0.0316. The maximum absolute atomic E-state index is 12.8. The average molecular weight is 357 g/mol. The van der Waals surface area contributed by atoms with Crippen molar-refractivity contribution in [1.29, 1.82) is 0 Å². The van der Waals surface area contributed by atoms with E-state index in [1.165, 1.54) is 19.0 Å². The predicted molar refractivity (Wildman–Crippen MR) is 100 cm³/mol. The number of carbonyl (C=O) groups excluding carboxylic acids is 1. The monoisotopic (exact) mass is 357 g/mol. The third kappa shape index (κ3) is 4.58. The van der Waals surface area contributed by atoms with E-state index in [1.807, 2.05) is 42.5 Å². The highest BCUT2D eigenvalue weighted by Crippen LogP contribution is 2.05. The molecule has 2 rings (SSSR count). The van der Waals surface area contributed by atoms with Crippen LogP contribution in [-0.4, -0.2) is 44.7 Å². The minimum atomic E-state index is -0.553. The summed E-state index contributed by atoms with van der Waals surface area (Å²) >= 11 is 0. The molecule has 0 aliphatic rings. The second-order valence-corrected chi connectivity index (χ2v) is 5.91. The van der Waals surface area contributed by atoms with Crippen LogP contribution in [0, 0.1) is 0 Å². The van der Waals surface area contributed by atoms with Crippen molar-refractivity contribution in [2.75, 3.05) is 19.7 Å². The van der Waals surface area contributed by atoms with Gasteiger partial charge in [0.25, 0.3) is 11.5 Å². The molecule has 138 valence electrons. The molecule has 1 aromatic heterocycles. The molecule has 0 radical (unpaired) electrons. The molecule has 0 bridgehead atoms. The fraction of sp³-hybridized carbons (Fsp3) is 0.316. The number of hydrogen-bond acceptors (Lipinski definition) is 4. The molecule has 1 aromatic carbocycles. The minimum Gasteiger partial charge on any atom is -0.396 e. The molecule has 26 heavy (non-hydrogen) atoms. The Hall–Kier alpha value is -2.93. The summed E-state index contributed by atoms with van der Waals surface area (Å²) in [5, 5.41) is 9.09. The summed E-state index contributed by atoms with van der Waals surface area (Å²) in [4.78, 5) is 38.3. The molecule has 0 atom stereocenters. The van der Waals surface area contributed by atoms with Crippen molar-refractivity contribution in [3.8, 4) is 0 Å². The zero-order valence-electron chi connectivity index (χ0n) is 15.0. The molecule has 7 heteroatoms. The summed E-state index contributed by atoms with van der Waals surface area (Å²) < 4.78 is 2.11. The third-order valence-electron chi connectivity index (χ3n) is 4.05. The molecule has 7 nitrogen and oxygen atoms in total. The van der Waals surface area contributed by atoms with Crippen molar-refractivity contribution in [3.05, 3.63) is 74.6 Å². The van der Waals surface area contributed by atoms with Gasteiger partial charge in [-0.1, -0.05) is 42.5 Å². The van der Waals surface area contributed by atoms with Crippen molar-refractivity contribution in [2.45, 2.75) is 6.42 Å². The molecule has 1 amide bonds. The van der Waals surface area contributed by atoms with Gasteiger partial charge in [-0.05, 0) is 12.0 Å². The quantitative estimate of drug-likeness (QED) is 0.787. The van der Waals surface area contributed by atoms with Crippen molar-refractivity contribution < 1.29 is 9.90 Å². The highest BCUT2D eigenvalue weighted by molar-refractivity contribution is 5.92. The van der Waals surface area contributed by atoms with E-state index in [0.717, 1.165) is 20.8 Å². The standard InChI is InChI=1S/C19H23N3O4/c1-20-16(14-17(24)21(2)19(20)26)18(25)22(12-7-13-23)11-6-10-15-8-4-3-5-9-15/h3-6,8-10,14,23H,7,11-13H2,1-2H3/b10-6+. The van der Waals surface area contributed by atoms with E-state index in [1.54, 1.807) is 0 Å². The van der Waals surface area contributed by atoms with Crippen LogP contribution in [0.2, 0.25) is 0 Å². The van der Waals surface area contributed by atoms with Gasteiger partial charge in [0.2, 0.25) is 0 Å². The third-order valence-corrected chi connectivity index (χ3v) is 4.05. The van der Waals surface area contributed by atoms with Crippen LogP contribution in [0.25, 0.3) is 6.08 Å². The maximum Gasteiger partial charge on any atom is 0.331 e. The first-order chi connectivity index (χ1) is 12.5. The number of aromatic nitrogens is 2. The van der Waals surface area contributed by atoms with Crippen molar-refractivity contribution >= 4 is 12.0 Å². The number of rotatable bonds is 7. The molecule has 0 spiro atoms. The highest BCUT2D eigenvalue weighted by atomic mass is 16.3. The Morgan fingerprint density at radius 1 is 1.15 bits per heavy atom. The molecule has 0 unspecified atom stereocenters. The lowest BCUT2D eigenvalue weighted by molar-refractivity contribution is 0.0752. The molecule has 1 heterocycles. The smallest absolute Gasteiger partial charge is 0.331 e. The van der Waals surface area contributed by atoms with E-state index in [0.29, 0.717) is 19.5 Å². The van der Waals surface area contributed by atoms with E-state index in [4.69, 9.17) is 5.11 Å². The molecule has 1 N–H and O–H groups in total.